The summed E-state index contributed by atoms with van der Waals surface area (Å²) >= 11 is 1.44. The Kier molecular flexibility index (Phi) is 7.55. The normalized spacial score (nSPS) is 10.4. The third-order valence-electron chi connectivity index (χ3n) is 5.15. The lowest BCUT2D eigenvalue weighted by Gasteiger charge is -2.08. The second kappa shape index (κ2) is 11.1. The predicted molar refractivity (Wildman–Crippen MR) is 139 cm³/mol. The summed E-state index contributed by atoms with van der Waals surface area (Å²) in [5.41, 5.74) is 0.378. The molecule has 37 heavy (non-hydrogen) atoms. The standard InChI is InChI=1S/C26H18N4O6S/c31-25(21-5-1-3-7-23(21)29(33)34)27-17-9-13-19(14-10-17)37-20-15-11-18(12-16-20)28-26(32)22-6-2-4-8-24(22)30(35)36/h1-16H,(H,27,31)(H,28,32). The van der Waals surface area contributed by atoms with Crippen molar-refractivity contribution in [1.29, 1.82) is 0 Å². The summed E-state index contributed by atoms with van der Waals surface area (Å²) < 4.78 is 0. The van der Waals surface area contributed by atoms with Crippen LogP contribution < -0.4 is 10.6 Å². The van der Waals surface area contributed by atoms with E-state index in [1.54, 1.807) is 60.7 Å². The molecule has 0 aliphatic carbocycles. The van der Waals surface area contributed by atoms with Crippen molar-refractivity contribution in [3.8, 4) is 0 Å². The van der Waals surface area contributed by atoms with E-state index in [0.29, 0.717) is 11.4 Å². The van der Waals surface area contributed by atoms with Crippen LogP contribution in [0.25, 0.3) is 0 Å². The fraction of sp³-hybridized carbons (Fsp3) is 0. The molecule has 0 aliphatic heterocycles. The van der Waals surface area contributed by atoms with Crippen LogP contribution in [0, 0.1) is 20.2 Å². The van der Waals surface area contributed by atoms with E-state index in [2.05, 4.69) is 10.6 Å². The number of carbonyl (C=O) groups is 2. The molecule has 0 atom stereocenters. The van der Waals surface area contributed by atoms with Crippen molar-refractivity contribution in [2.24, 2.45) is 0 Å². The number of nitrogens with zero attached hydrogens (tertiary/aromatic N) is 2. The van der Waals surface area contributed by atoms with Gasteiger partial charge in [0.25, 0.3) is 23.2 Å². The van der Waals surface area contributed by atoms with Crippen molar-refractivity contribution in [2.75, 3.05) is 10.6 Å². The third-order valence-corrected chi connectivity index (χ3v) is 6.17. The molecule has 0 aromatic heterocycles. The minimum Gasteiger partial charge on any atom is -0.322 e. The van der Waals surface area contributed by atoms with Crippen LogP contribution in [0.3, 0.4) is 0 Å². The first-order chi connectivity index (χ1) is 17.8. The van der Waals surface area contributed by atoms with E-state index in [0.717, 1.165) is 9.79 Å². The highest BCUT2D eigenvalue weighted by Crippen LogP contribution is 2.30. The molecular weight excluding hydrogens is 496 g/mol. The fourth-order valence-electron chi connectivity index (χ4n) is 3.40. The topological polar surface area (TPSA) is 144 Å². The zero-order valence-corrected chi connectivity index (χ0v) is 19.8. The summed E-state index contributed by atoms with van der Waals surface area (Å²) in [6, 6.07) is 25.4. The summed E-state index contributed by atoms with van der Waals surface area (Å²) in [6.45, 7) is 0. The molecule has 0 saturated heterocycles. The van der Waals surface area contributed by atoms with E-state index < -0.39 is 21.7 Å². The van der Waals surface area contributed by atoms with Crippen LogP contribution >= 0.6 is 11.8 Å². The maximum Gasteiger partial charge on any atom is 0.282 e. The molecule has 11 heteroatoms. The zero-order chi connectivity index (χ0) is 26.4. The quantitative estimate of drug-likeness (QED) is 0.212. The van der Waals surface area contributed by atoms with Gasteiger partial charge in [-0.05, 0) is 60.7 Å². The van der Waals surface area contributed by atoms with Crippen LogP contribution in [-0.4, -0.2) is 21.7 Å². The zero-order valence-electron chi connectivity index (χ0n) is 19.0. The molecule has 0 aliphatic rings. The Balaban J connectivity index is 1.37. The molecule has 184 valence electrons. The second-order valence-electron chi connectivity index (χ2n) is 7.61. The van der Waals surface area contributed by atoms with Crippen LogP contribution in [0.2, 0.25) is 0 Å². The van der Waals surface area contributed by atoms with Crippen LogP contribution in [0.4, 0.5) is 22.7 Å². The maximum absolute atomic E-state index is 12.5. The average Bonchev–Trinajstić information content (AvgIpc) is 2.90. The van der Waals surface area contributed by atoms with Gasteiger partial charge in [0.1, 0.15) is 11.1 Å². The number of amides is 2. The Morgan fingerprint density at radius 3 is 1.27 bits per heavy atom. The first kappa shape index (κ1) is 25.1. The van der Waals surface area contributed by atoms with Crippen LogP contribution in [-0.2, 0) is 0 Å². The molecule has 0 saturated carbocycles. The molecule has 0 unspecified atom stereocenters. The van der Waals surface area contributed by atoms with Crippen molar-refractivity contribution in [3.05, 3.63) is 128 Å². The van der Waals surface area contributed by atoms with Gasteiger partial charge in [-0.25, -0.2) is 0 Å². The van der Waals surface area contributed by atoms with Crippen molar-refractivity contribution in [3.63, 3.8) is 0 Å². The van der Waals surface area contributed by atoms with E-state index in [4.69, 9.17) is 0 Å². The highest BCUT2D eigenvalue weighted by molar-refractivity contribution is 7.99. The van der Waals surface area contributed by atoms with Gasteiger partial charge in [-0.2, -0.15) is 0 Å². The van der Waals surface area contributed by atoms with E-state index >= 15 is 0 Å². The molecular formula is C26H18N4O6S. The summed E-state index contributed by atoms with van der Waals surface area (Å²) in [7, 11) is 0. The summed E-state index contributed by atoms with van der Waals surface area (Å²) in [6.07, 6.45) is 0. The second-order valence-corrected chi connectivity index (χ2v) is 8.75. The van der Waals surface area contributed by atoms with Gasteiger partial charge in [0.2, 0.25) is 0 Å². The Morgan fingerprint density at radius 1 is 0.568 bits per heavy atom. The van der Waals surface area contributed by atoms with Gasteiger partial charge >= 0.3 is 0 Å². The SMILES string of the molecule is O=C(Nc1ccc(Sc2ccc(NC(=O)c3ccccc3[N+](=O)[O-])cc2)cc1)c1ccccc1[N+](=O)[O-]. The van der Waals surface area contributed by atoms with E-state index in [-0.39, 0.29) is 22.5 Å². The van der Waals surface area contributed by atoms with Gasteiger partial charge in [-0.15, -0.1) is 0 Å². The monoisotopic (exact) mass is 514 g/mol. The lowest BCUT2D eigenvalue weighted by molar-refractivity contribution is -0.385. The van der Waals surface area contributed by atoms with Gasteiger partial charge in [-0.3, -0.25) is 29.8 Å². The highest BCUT2D eigenvalue weighted by Gasteiger charge is 2.20. The first-order valence-electron chi connectivity index (χ1n) is 10.8. The number of rotatable bonds is 8. The van der Waals surface area contributed by atoms with Gasteiger partial charge in [-0.1, -0.05) is 36.0 Å². The van der Waals surface area contributed by atoms with Crippen molar-refractivity contribution < 1.29 is 19.4 Å². The number of nitrogens with one attached hydrogen (secondary N) is 2. The summed E-state index contributed by atoms with van der Waals surface area (Å²) in [5, 5.41) is 27.6. The number of carbonyl (C=O) groups excluding carboxylic acids is 2. The number of hydrogen-bond donors (Lipinski definition) is 2. The molecule has 0 spiro atoms. The smallest absolute Gasteiger partial charge is 0.282 e. The van der Waals surface area contributed by atoms with Crippen molar-refractivity contribution in [1.82, 2.24) is 0 Å². The minimum atomic E-state index is -0.600. The molecule has 2 amide bonds. The van der Waals surface area contributed by atoms with Gasteiger partial charge in [0.05, 0.1) is 9.85 Å². The fourth-order valence-corrected chi connectivity index (χ4v) is 4.21. The molecule has 4 aromatic carbocycles. The van der Waals surface area contributed by atoms with Crippen molar-refractivity contribution >= 4 is 46.3 Å². The summed E-state index contributed by atoms with van der Waals surface area (Å²) in [4.78, 5) is 47.8. The lowest BCUT2D eigenvalue weighted by atomic mass is 10.1. The Hall–Kier alpha value is -5.03. The minimum absolute atomic E-state index is 0.0278. The summed E-state index contributed by atoms with van der Waals surface area (Å²) in [5.74, 6) is -1.16. The highest BCUT2D eigenvalue weighted by atomic mass is 32.2. The number of hydrogen-bond acceptors (Lipinski definition) is 7. The molecule has 0 fully saturated rings. The largest absolute Gasteiger partial charge is 0.322 e. The van der Waals surface area contributed by atoms with Crippen LogP contribution in [0.1, 0.15) is 20.7 Å². The van der Waals surface area contributed by atoms with Crippen LogP contribution in [0.5, 0.6) is 0 Å². The number of benzene rings is 4. The molecule has 0 bridgehead atoms. The van der Waals surface area contributed by atoms with E-state index in [1.807, 2.05) is 0 Å². The molecule has 4 aromatic rings. The Labute approximate surface area is 214 Å². The molecule has 2 N–H and O–H groups in total. The van der Waals surface area contributed by atoms with Crippen molar-refractivity contribution in [2.45, 2.75) is 9.79 Å². The average molecular weight is 515 g/mol. The van der Waals surface area contributed by atoms with Gasteiger partial charge in [0, 0.05) is 33.3 Å². The predicted octanol–water partition coefficient (Wildman–Crippen LogP) is 6.16. The maximum atomic E-state index is 12.5. The molecule has 4 rings (SSSR count). The van der Waals surface area contributed by atoms with E-state index in [1.165, 1.54) is 48.2 Å². The third kappa shape index (κ3) is 6.16. The molecule has 10 nitrogen and oxygen atoms in total. The number of para-hydroxylation sites is 2. The lowest BCUT2D eigenvalue weighted by Crippen LogP contribution is -2.13. The molecule has 0 heterocycles. The number of nitro benzene ring substituents is 2. The van der Waals surface area contributed by atoms with Gasteiger partial charge < -0.3 is 10.6 Å². The Bertz CT molecular complexity index is 1380. The first-order valence-corrected chi connectivity index (χ1v) is 11.6. The number of nitro groups is 2. The van der Waals surface area contributed by atoms with Gasteiger partial charge in [0.15, 0.2) is 0 Å². The molecule has 0 radical (unpaired) electrons. The number of anilines is 2. The van der Waals surface area contributed by atoms with Crippen LogP contribution in [0.15, 0.2) is 107 Å². The Morgan fingerprint density at radius 2 is 0.919 bits per heavy atom. The van der Waals surface area contributed by atoms with E-state index in [9.17, 15) is 29.8 Å².